The van der Waals surface area contributed by atoms with E-state index >= 15 is 0 Å². The summed E-state index contributed by atoms with van der Waals surface area (Å²) in [6.07, 6.45) is 1.13. The number of hydrogen-bond donors (Lipinski definition) is 2. The first kappa shape index (κ1) is 14.7. The molecule has 1 heterocycles. The summed E-state index contributed by atoms with van der Waals surface area (Å²) in [6, 6.07) is 1.55. The van der Waals surface area contributed by atoms with Crippen LogP contribution in [0, 0.1) is 0 Å². The molecule has 0 amide bonds. The lowest BCUT2D eigenvalue weighted by molar-refractivity contribution is 0.661. The number of nitrogens with zero attached hydrogens (tertiary/aromatic N) is 2. The summed E-state index contributed by atoms with van der Waals surface area (Å²) in [5.41, 5.74) is -0.0860. The van der Waals surface area contributed by atoms with Crippen LogP contribution in [0.15, 0.2) is 10.9 Å². The van der Waals surface area contributed by atoms with Gasteiger partial charge in [-0.1, -0.05) is 20.8 Å². The van der Waals surface area contributed by atoms with Crippen LogP contribution >= 0.6 is 0 Å². The Hall–Kier alpha value is -1.36. The van der Waals surface area contributed by atoms with Crippen molar-refractivity contribution in [3.8, 4) is 0 Å². The number of hydrogen-bond acceptors (Lipinski definition) is 4. The molecule has 0 spiro atoms. The second-order valence-corrected chi connectivity index (χ2v) is 4.82. The molecule has 0 radical (unpaired) electrons. The van der Waals surface area contributed by atoms with Gasteiger partial charge in [0.25, 0.3) is 5.56 Å². The number of likely N-dealkylation sites (N-methyl/N-ethyl adjacent to an activating group) is 1. The summed E-state index contributed by atoms with van der Waals surface area (Å²) in [6.45, 7) is 8.94. The van der Waals surface area contributed by atoms with Crippen LogP contribution in [-0.4, -0.2) is 36.6 Å². The molecule has 0 atom stereocenters. The molecule has 5 nitrogen and oxygen atoms in total. The van der Waals surface area contributed by atoms with Gasteiger partial charge in [-0.2, -0.15) is 0 Å². The second-order valence-electron chi connectivity index (χ2n) is 4.82. The maximum atomic E-state index is 11.6. The third-order valence-corrected chi connectivity index (χ3v) is 2.74. The highest BCUT2D eigenvalue weighted by Crippen LogP contribution is 2.11. The third kappa shape index (κ3) is 4.49. The molecule has 0 aliphatic heterocycles. The predicted octanol–water partition coefficient (Wildman–Crippen LogP) is 1.33. The Morgan fingerprint density at radius 1 is 1.44 bits per heavy atom. The molecule has 5 heteroatoms. The van der Waals surface area contributed by atoms with Gasteiger partial charge in [0, 0.05) is 32.1 Å². The fourth-order valence-corrected chi connectivity index (χ4v) is 1.60. The molecule has 2 N–H and O–H groups in total. The SMILES string of the molecule is CCCNCCN(C)c1cc(=O)[nH]c(C(C)C)n1. The van der Waals surface area contributed by atoms with Gasteiger partial charge in [0.2, 0.25) is 0 Å². The average Bonchev–Trinajstić information content (AvgIpc) is 2.33. The van der Waals surface area contributed by atoms with E-state index in [2.05, 4.69) is 22.2 Å². The summed E-state index contributed by atoms with van der Waals surface area (Å²) in [7, 11) is 1.96. The molecule has 0 aliphatic carbocycles. The van der Waals surface area contributed by atoms with Gasteiger partial charge in [-0.05, 0) is 13.0 Å². The van der Waals surface area contributed by atoms with Gasteiger partial charge in [0.15, 0.2) is 0 Å². The number of nitrogens with one attached hydrogen (secondary N) is 2. The minimum Gasteiger partial charge on any atom is -0.358 e. The van der Waals surface area contributed by atoms with Crippen molar-refractivity contribution in [1.82, 2.24) is 15.3 Å². The molecule has 0 bridgehead atoms. The lowest BCUT2D eigenvalue weighted by Gasteiger charge is -2.19. The zero-order chi connectivity index (χ0) is 13.5. The van der Waals surface area contributed by atoms with Crippen LogP contribution in [0.2, 0.25) is 0 Å². The van der Waals surface area contributed by atoms with E-state index in [1.165, 1.54) is 0 Å². The average molecular weight is 252 g/mol. The largest absolute Gasteiger partial charge is 0.358 e. The highest BCUT2D eigenvalue weighted by Gasteiger charge is 2.08. The summed E-state index contributed by atoms with van der Waals surface area (Å²) in [5.74, 6) is 1.70. The Labute approximate surface area is 109 Å². The molecule has 102 valence electrons. The molecule has 0 aliphatic rings. The lowest BCUT2D eigenvalue weighted by Crippen LogP contribution is -2.31. The van der Waals surface area contributed by atoms with E-state index < -0.39 is 0 Å². The quantitative estimate of drug-likeness (QED) is 0.719. The summed E-state index contributed by atoms with van der Waals surface area (Å²) in [4.78, 5) is 20.8. The van der Waals surface area contributed by atoms with Gasteiger partial charge in [-0.25, -0.2) is 4.98 Å². The van der Waals surface area contributed by atoms with Gasteiger partial charge in [0.05, 0.1) is 0 Å². The third-order valence-electron chi connectivity index (χ3n) is 2.74. The number of aromatic nitrogens is 2. The zero-order valence-corrected chi connectivity index (χ0v) is 11.8. The summed E-state index contributed by atoms with van der Waals surface area (Å²) in [5, 5.41) is 3.33. The van der Waals surface area contributed by atoms with Crippen LogP contribution in [0.5, 0.6) is 0 Å². The van der Waals surface area contributed by atoms with Gasteiger partial charge >= 0.3 is 0 Å². The molecule has 1 rings (SSSR count). The van der Waals surface area contributed by atoms with Gasteiger partial charge in [-0.3, -0.25) is 4.79 Å². The van der Waals surface area contributed by atoms with Gasteiger partial charge < -0.3 is 15.2 Å². The summed E-state index contributed by atoms with van der Waals surface area (Å²) < 4.78 is 0. The van der Waals surface area contributed by atoms with Crippen molar-refractivity contribution in [2.24, 2.45) is 0 Å². The fraction of sp³-hybridized carbons (Fsp3) is 0.692. The van der Waals surface area contributed by atoms with Crippen LogP contribution < -0.4 is 15.8 Å². The first-order valence-corrected chi connectivity index (χ1v) is 6.57. The van der Waals surface area contributed by atoms with E-state index in [-0.39, 0.29) is 11.5 Å². The maximum absolute atomic E-state index is 11.6. The molecule has 0 unspecified atom stereocenters. The molecule has 18 heavy (non-hydrogen) atoms. The molecular weight excluding hydrogens is 228 g/mol. The molecule has 0 fully saturated rings. The maximum Gasteiger partial charge on any atom is 0.252 e. The van der Waals surface area contributed by atoms with E-state index in [0.29, 0.717) is 0 Å². The highest BCUT2D eigenvalue weighted by atomic mass is 16.1. The molecular formula is C13H24N4O. The van der Waals surface area contributed by atoms with Crippen molar-refractivity contribution in [1.29, 1.82) is 0 Å². The smallest absolute Gasteiger partial charge is 0.252 e. The topological polar surface area (TPSA) is 61.0 Å². The Morgan fingerprint density at radius 3 is 2.78 bits per heavy atom. The highest BCUT2D eigenvalue weighted by molar-refractivity contribution is 5.36. The normalized spacial score (nSPS) is 10.9. The van der Waals surface area contributed by atoms with Crippen molar-refractivity contribution < 1.29 is 0 Å². The number of aromatic amines is 1. The minimum atomic E-state index is -0.0860. The minimum absolute atomic E-state index is 0.0860. The molecule has 0 saturated heterocycles. The first-order chi connectivity index (χ1) is 8.54. The van der Waals surface area contributed by atoms with Gasteiger partial charge in [-0.15, -0.1) is 0 Å². The molecule has 0 aromatic carbocycles. The van der Waals surface area contributed by atoms with Crippen molar-refractivity contribution in [3.63, 3.8) is 0 Å². The summed E-state index contributed by atoms with van der Waals surface area (Å²) >= 11 is 0. The number of anilines is 1. The lowest BCUT2D eigenvalue weighted by atomic mass is 10.2. The van der Waals surface area contributed by atoms with Crippen molar-refractivity contribution in [3.05, 3.63) is 22.2 Å². The van der Waals surface area contributed by atoms with E-state index in [9.17, 15) is 4.79 Å². The Kier molecular flexibility index (Phi) is 5.85. The van der Waals surface area contributed by atoms with E-state index in [1.807, 2.05) is 25.8 Å². The Morgan fingerprint density at radius 2 is 2.17 bits per heavy atom. The second kappa shape index (κ2) is 7.16. The Bertz CT molecular complexity index is 414. The monoisotopic (exact) mass is 252 g/mol. The first-order valence-electron chi connectivity index (χ1n) is 6.57. The van der Waals surface area contributed by atoms with E-state index in [1.54, 1.807) is 6.07 Å². The predicted molar refractivity (Wildman–Crippen MR) is 75.4 cm³/mol. The standard InChI is InChI=1S/C13H24N4O/c1-5-6-14-7-8-17(4)11-9-12(18)16-13(15-11)10(2)3/h9-10,14H,5-8H2,1-4H3,(H,15,16,18). The van der Waals surface area contributed by atoms with E-state index in [0.717, 1.165) is 37.7 Å². The zero-order valence-electron chi connectivity index (χ0n) is 11.8. The van der Waals surface area contributed by atoms with E-state index in [4.69, 9.17) is 0 Å². The van der Waals surface area contributed by atoms with Crippen LogP contribution in [0.1, 0.15) is 38.9 Å². The van der Waals surface area contributed by atoms with Crippen LogP contribution in [0.3, 0.4) is 0 Å². The molecule has 1 aromatic heterocycles. The molecule has 0 saturated carbocycles. The van der Waals surface area contributed by atoms with Gasteiger partial charge in [0.1, 0.15) is 11.6 Å². The van der Waals surface area contributed by atoms with Crippen molar-refractivity contribution in [2.75, 3.05) is 31.6 Å². The van der Waals surface area contributed by atoms with Crippen molar-refractivity contribution >= 4 is 5.82 Å². The number of rotatable bonds is 7. The van der Waals surface area contributed by atoms with Crippen LogP contribution in [0.4, 0.5) is 5.82 Å². The van der Waals surface area contributed by atoms with Crippen molar-refractivity contribution in [2.45, 2.75) is 33.1 Å². The fourth-order valence-electron chi connectivity index (χ4n) is 1.60. The number of H-pyrrole nitrogens is 1. The Balaban J connectivity index is 2.67. The van der Waals surface area contributed by atoms with Crippen LogP contribution in [0.25, 0.3) is 0 Å². The van der Waals surface area contributed by atoms with Crippen LogP contribution in [-0.2, 0) is 0 Å². The molecule has 1 aromatic rings.